The Morgan fingerprint density at radius 1 is 1.25 bits per heavy atom. The Morgan fingerprint density at radius 2 is 2.00 bits per heavy atom. The van der Waals surface area contributed by atoms with Crippen LogP contribution in [0.4, 0.5) is 0 Å². The number of amides is 1. The molecule has 3 rings (SSSR count). The van der Waals surface area contributed by atoms with Crippen molar-refractivity contribution in [3.63, 3.8) is 0 Å². The zero-order valence-corrected chi connectivity index (χ0v) is 12.3. The number of nitrogens with zero attached hydrogens (tertiary/aromatic N) is 1. The summed E-state index contributed by atoms with van der Waals surface area (Å²) in [6, 6.07) is 4.34. The number of aryl methyl sites for hydroxylation is 1. The van der Waals surface area contributed by atoms with Crippen LogP contribution in [0.3, 0.4) is 0 Å². The summed E-state index contributed by atoms with van der Waals surface area (Å²) in [6.45, 7) is 3.26. The van der Waals surface area contributed by atoms with Gasteiger partial charge in [-0.15, -0.1) is 12.4 Å². The first-order valence-electron chi connectivity index (χ1n) is 6.89. The molecular weight excluding hydrogens is 278 g/mol. The number of nitrogens with one attached hydrogen (secondary N) is 2. The Balaban J connectivity index is 0.00000147. The minimum absolute atomic E-state index is 0. The number of hydrogen-bond donors (Lipinski definition) is 2. The van der Waals surface area contributed by atoms with Gasteiger partial charge < -0.3 is 15.2 Å². The Labute approximate surface area is 124 Å². The van der Waals surface area contributed by atoms with Crippen molar-refractivity contribution < 1.29 is 4.79 Å². The Kier molecular flexibility index (Phi) is 4.50. The summed E-state index contributed by atoms with van der Waals surface area (Å²) < 4.78 is 0. The molecule has 5 nitrogen and oxygen atoms in total. The van der Waals surface area contributed by atoms with Crippen molar-refractivity contribution in [1.29, 1.82) is 0 Å². The molecule has 0 aliphatic carbocycles. The second kappa shape index (κ2) is 5.97. The molecule has 6 heteroatoms. The van der Waals surface area contributed by atoms with Crippen LogP contribution in [0.2, 0.25) is 0 Å². The predicted molar refractivity (Wildman–Crippen MR) is 79.5 cm³/mol. The number of rotatable bonds is 1. The van der Waals surface area contributed by atoms with Crippen molar-refractivity contribution in [2.75, 3.05) is 13.1 Å². The second-order valence-electron chi connectivity index (χ2n) is 5.56. The molecule has 110 valence electrons. The van der Waals surface area contributed by atoms with E-state index in [1.165, 1.54) is 6.42 Å². The minimum atomic E-state index is -0.285. The quantitative estimate of drug-likeness (QED) is 0.815. The van der Waals surface area contributed by atoms with E-state index in [0.29, 0.717) is 18.6 Å². The summed E-state index contributed by atoms with van der Waals surface area (Å²) in [7, 11) is 0. The number of carbonyl (C=O) groups excluding carboxylic acids is 1. The van der Waals surface area contributed by atoms with Gasteiger partial charge in [0.15, 0.2) is 0 Å². The number of H-pyrrole nitrogens is 1. The summed E-state index contributed by atoms with van der Waals surface area (Å²) in [5.41, 5.74) is 0.744. The van der Waals surface area contributed by atoms with Crippen LogP contribution in [0.1, 0.15) is 35.3 Å². The molecule has 2 unspecified atom stereocenters. The third-order valence-corrected chi connectivity index (χ3v) is 4.10. The molecule has 0 spiro atoms. The number of carbonyl (C=O) groups is 1. The molecule has 2 saturated heterocycles. The summed E-state index contributed by atoms with van der Waals surface area (Å²) in [5, 5.41) is 3.53. The van der Waals surface area contributed by atoms with Crippen molar-refractivity contribution in [2.45, 2.75) is 38.3 Å². The Hall–Kier alpha value is -1.33. The molecule has 1 amide bonds. The first kappa shape index (κ1) is 15.1. The maximum Gasteiger partial charge on any atom is 0.260 e. The molecule has 0 aromatic carbocycles. The van der Waals surface area contributed by atoms with Crippen molar-refractivity contribution in [3.05, 3.63) is 33.7 Å². The molecule has 2 bridgehead atoms. The van der Waals surface area contributed by atoms with E-state index in [1.807, 2.05) is 11.8 Å². The second-order valence-corrected chi connectivity index (χ2v) is 5.56. The molecule has 2 aliphatic rings. The molecule has 1 aromatic rings. The van der Waals surface area contributed by atoms with E-state index in [-0.39, 0.29) is 29.4 Å². The number of aromatic amines is 1. The van der Waals surface area contributed by atoms with E-state index in [0.717, 1.165) is 25.1 Å². The van der Waals surface area contributed by atoms with Crippen molar-refractivity contribution in [1.82, 2.24) is 15.2 Å². The number of hydrogen-bond acceptors (Lipinski definition) is 3. The van der Waals surface area contributed by atoms with Gasteiger partial charge in [-0.3, -0.25) is 9.59 Å². The molecule has 20 heavy (non-hydrogen) atoms. The van der Waals surface area contributed by atoms with E-state index in [1.54, 1.807) is 12.1 Å². The fraction of sp³-hybridized carbons (Fsp3) is 0.571. The zero-order valence-electron chi connectivity index (χ0n) is 11.5. The predicted octanol–water partition coefficient (Wildman–Crippen LogP) is 1.07. The molecule has 0 saturated carbocycles. The number of pyridine rings is 1. The van der Waals surface area contributed by atoms with E-state index < -0.39 is 0 Å². The average Bonchev–Trinajstić information content (AvgIpc) is 2.68. The van der Waals surface area contributed by atoms with Crippen LogP contribution in [-0.4, -0.2) is 41.0 Å². The van der Waals surface area contributed by atoms with E-state index in [9.17, 15) is 9.59 Å². The molecule has 3 heterocycles. The summed E-state index contributed by atoms with van der Waals surface area (Å²) in [6.07, 6.45) is 3.31. The smallest absolute Gasteiger partial charge is 0.260 e. The lowest BCUT2D eigenvalue weighted by Crippen LogP contribution is -2.40. The Morgan fingerprint density at radius 3 is 2.75 bits per heavy atom. The van der Waals surface area contributed by atoms with E-state index >= 15 is 0 Å². The zero-order chi connectivity index (χ0) is 13.4. The molecule has 2 aliphatic heterocycles. The van der Waals surface area contributed by atoms with E-state index in [4.69, 9.17) is 0 Å². The first-order chi connectivity index (χ1) is 9.13. The van der Waals surface area contributed by atoms with Crippen LogP contribution >= 0.6 is 12.4 Å². The third-order valence-electron chi connectivity index (χ3n) is 4.10. The van der Waals surface area contributed by atoms with Gasteiger partial charge >= 0.3 is 0 Å². The number of fused-ring (bicyclic) bond motifs is 2. The van der Waals surface area contributed by atoms with Crippen LogP contribution in [-0.2, 0) is 0 Å². The normalized spacial score (nSPS) is 24.9. The first-order valence-corrected chi connectivity index (χ1v) is 6.89. The molecular formula is C14H20ClN3O2. The highest BCUT2D eigenvalue weighted by Crippen LogP contribution is 2.21. The van der Waals surface area contributed by atoms with Gasteiger partial charge in [-0.25, -0.2) is 0 Å². The Bertz CT molecular complexity index is 558. The fourth-order valence-corrected chi connectivity index (χ4v) is 3.04. The van der Waals surface area contributed by atoms with Gasteiger partial charge in [-0.05, 0) is 38.3 Å². The minimum Gasteiger partial charge on any atom is -0.337 e. The highest BCUT2D eigenvalue weighted by Gasteiger charge is 2.31. The molecule has 0 radical (unpaired) electrons. The van der Waals surface area contributed by atoms with E-state index in [2.05, 4.69) is 10.3 Å². The maximum absolute atomic E-state index is 12.4. The van der Waals surface area contributed by atoms with Crippen LogP contribution in [0.15, 0.2) is 16.9 Å². The summed E-state index contributed by atoms with van der Waals surface area (Å²) >= 11 is 0. The largest absolute Gasteiger partial charge is 0.337 e. The average molecular weight is 298 g/mol. The van der Waals surface area contributed by atoms with Crippen LogP contribution in [0.25, 0.3) is 0 Å². The van der Waals surface area contributed by atoms with Gasteiger partial charge in [0.25, 0.3) is 11.5 Å². The van der Waals surface area contributed by atoms with Gasteiger partial charge in [-0.1, -0.05) is 0 Å². The number of likely N-dealkylation sites (tertiary alicyclic amines) is 1. The lowest BCUT2D eigenvalue weighted by Gasteiger charge is -2.24. The monoisotopic (exact) mass is 297 g/mol. The fourth-order valence-electron chi connectivity index (χ4n) is 3.04. The van der Waals surface area contributed by atoms with Gasteiger partial charge in [0.1, 0.15) is 5.56 Å². The highest BCUT2D eigenvalue weighted by atomic mass is 35.5. The lowest BCUT2D eigenvalue weighted by atomic mass is 10.1. The van der Waals surface area contributed by atoms with Crippen LogP contribution in [0, 0.1) is 6.92 Å². The lowest BCUT2D eigenvalue weighted by molar-refractivity contribution is 0.0746. The van der Waals surface area contributed by atoms with Gasteiger partial charge in [0, 0.05) is 30.9 Å². The third kappa shape index (κ3) is 2.88. The summed E-state index contributed by atoms with van der Waals surface area (Å²) in [5.74, 6) is -0.143. The van der Waals surface area contributed by atoms with Crippen LogP contribution < -0.4 is 10.9 Å². The molecule has 2 atom stereocenters. The molecule has 2 N–H and O–H groups in total. The summed E-state index contributed by atoms with van der Waals surface area (Å²) in [4.78, 5) is 28.8. The molecule has 2 fully saturated rings. The van der Waals surface area contributed by atoms with Crippen molar-refractivity contribution in [3.8, 4) is 0 Å². The number of halogens is 1. The maximum atomic E-state index is 12.4. The standard InChI is InChI=1S/C14H19N3O2.ClH/c1-9-2-5-12(13(18)15-9)14(19)17-7-6-10-3-4-11(8-17)16-10;/h2,5,10-11,16H,3-4,6-8H2,1H3,(H,15,18);1H. The topological polar surface area (TPSA) is 65.2 Å². The van der Waals surface area contributed by atoms with Gasteiger partial charge in [0.2, 0.25) is 0 Å². The van der Waals surface area contributed by atoms with Crippen molar-refractivity contribution in [2.24, 2.45) is 0 Å². The molecule has 1 aromatic heterocycles. The highest BCUT2D eigenvalue weighted by molar-refractivity contribution is 5.93. The van der Waals surface area contributed by atoms with Crippen LogP contribution in [0.5, 0.6) is 0 Å². The SMILES string of the molecule is Cc1ccc(C(=O)N2CCC3CCC(C2)N3)c(=O)[nH]1.Cl. The number of aromatic nitrogens is 1. The van der Waals surface area contributed by atoms with Gasteiger partial charge in [-0.2, -0.15) is 0 Å². The van der Waals surface area contributed by atoms with Crippen molar-refractivity contribution >= 4 is 18.3 Å². The van der Waals surface area contributed by atoms with Gasteiger partial charge in [0.05, 0.1) is 0 Å².